The average Bonchev–Trinajstić information content (AvgIpc) is 3.06. The molecule has 1 unspecified atom stereocenters. The maximum Gasteiger partial charge on any atom is 0.308 e. The van der Waals surface area contributed by atoms with Crippen LogP contribution in [0.1, 0.15) is 92.9 Å². The van der Waals surface area contributed by atoms with Gasteiger partial charge in [-0.05, 0) is 73.0 Å². The van der Waals surface area contributed by atoms with Gasteiger partial charge >= 0.3 is 5.97 Å². The van der Waals surface area contributed by atoms with Gasteiger partial charge < -0.3 is 14.6 Å². The zero-order chi connectivity index (χ0) is 25.6. The molecule has 4 saturated heterocycles. The first-order chi connectivity index (χ1) is 16.8. The number of carbonyl (C=O) groups is 2. The summed E-state index contributed by atoms with van der Waals surface area (Å²) in [7, 11) is 0. The minimum absolute atomic E-state index is 0.0776. The lowest BCUT2D eigenvalue weighted by atomic mass is 9.33. The topological polar surface area (TPSA) is 76.1 Å². The van der Waals surface area contributed by atoms with E-state index in [9.17, 15) is 14.7 Å². The zero-order valence-electron chi connectivity index (χ0n) is 23.0. The Bertz CT molecular complexity index is 1030. The molecule has 4 aliphatic heterocycles. The Balaban J connectivity index is 1.43. The van der Waals surface area contributed by atoms with Gasteiger partial charge in [0.05, 0.1) is 18.6 Å². The normalized spacial score (nSPS) is 62.0. The highest BCUT2D eigenvalue weighted by Gasteiger charge is 2.82. The monoisotopic (exact) mass is 499 g/mol. The fourth-order valence-corrected chi connectivity index (χ4v) is 11.7. The van der Waals surface area contributed by atoms with Crippen molar-refractivity contribution in [1.82, 2.24) is 4.90 Å². The number of ketones is 1. The molecular formula is C30H45NO5. The Morgan fingerprint density at radius 1 is 1.03 bits per heavy atom. The summed E-state index contributed by atoms with van der Waals surface area (Å²) >= 11 is 0. The van der Waals surface area contributed by atoms with Crippen molar-refractivity contribution in [2.45, 2.75) is 117 Å². The highest BCUT2D eigenvalue weighted by atomic mass is 16.6. The van der Waals surface area contributed by atoms with Gasteiger partial charge in [0, 0.05) is 30.2 Å². The van der Waals surface area contributed by atoms with E-state index in [0.29, 0.717) is 36.9 Å². The molecular weight excluding hydrogens is 454 g/mol. The number of Topliss-reactive ketones (excluding diaryl/α,β-unsaturated/α-hetero) is 1. The number of aliphatic hydroxyl groups is 1. The maximum absolute atomic E-state index is 14.4. The Morgan fingerprint density at radius 3 is 2.53 bits per heavy atom. The highest BCUT2D eigenvalue weighted by Crippen LogP contribution is 2.78. The lowest BCUT2D eigenvalue weighted by Crippen LogP contribution is -2.83. The first kappa shape index (κ1) is 24.1. The molecule has 4 heterocycles. The van der Waals surface area contributed by atoms with Crippen LogP contribution in [0, 0.1) is 51.8 Å². The molecule has 3 saturated carbocycles. The van der Waals surface area contributed by atoms with E-state index in [1.165, 1.54) is 0 Å². The van der Waals surface area contributed by atoms with Gasteiger partial charge in [-0.25, -0.2) is 4.90 Å². The standard InChI is InChI=1S/C30H45NO5/c1-16-9-19-14-31-29(12-16,35-19)8-7-28(6)27(5)13-23(33)36-30(28,31)15-26(4)21-10-17(2)22(32)11-20(21)18(3)24(34)25(26)27/h16-22,25,32H,7-15H2,1-6H3/t16-,17-,18+,19+,20-,21+,22-,25-,26-,27-,28-,29?,30+/m0/s1. The van der Waals surface area contributed by atoms with Crippen molar-refractivity contribution in [2.24, 2.45) is 51.8 Å². The number of esters is 1. The average molecular weight is 500 g/mol. The maximum atomic E-state index is 14.4. The molecule has 4 bridgehead atoms. The summed E-state index contributed by atoms with van der Waals surface area (Å²) in [6.07, 6.45) is 6.44. The number of carbonyl (C=O) groups excluding carboxylic acids is 2. The van der Waals surface area contributed by atoms with Crippen LogP contribution in [0.25, 0.3) is 0 Å². The van der Waals surface area contributed by atoms with Crippen LogP contribution in [0.4, 0.5) is 0 Å². The Kier molecular flexibility index (Phi) is 4.65. The summed E-state index contributed by atoms with van der Waals surface area (Å²) in [6, 6.07) is 0. The third-order valence-corrected chi connectivity index (χ3v) is 13.4. The summed E-state index contributed by atoms with van der Waals surface area (Å²) < 4.78 is 13.5. The number of ether oxygens (including phenoxy) is 2. The summed E-state index contributed by atoms with van der Waals surface area (Å²) in [6.45, 7) is 14.4. The van der Waals surface area contributed by atoms with Crippen LogP contribution in [-0.2, 0) is 19.1 Å². The van der Waals surface area contributed by atoms with Gasteiger partial charge in [0.15, 0.2) is 5.72 Å². The van der Waals surface area contributed by atoms with E-state index in [0.717, 1.165) is 38.6 Å². The van der Waals surface area contributed by atoms with E-state index in [2.05, 4.69) is 46.4 Å². The third-order valence-electron chi connectivity index (χ3n) is 13.4. The van der Waals surface area contributed by atoms with Gasteiger partial charge in [-0.1, -0.05) is 41.5 Å². The SMILES string of the molecule is C[C@H]1C[C@@H]2CN3C(CC[C@@]4(C)[C@@]5(C)CC(=O)O[C@@]34C[C@@]3(C)[C@@H]4C[C@H](C)[C@@H](O)C[C@H]4[C@@H](C)C(=O)[C@@H]35)(C1)O2. The summed E-state index contributed by atoms with van der Waals surface area (Å²) in [4.78, 5) is 30.5. The molecule has 0 aromatic carbocycles. The Hall–Kier alpha value is -0.980. The van der Waals surface area contributed by atoms with Gasteiger partial charge in [-0.15, -0.1) is 0 Å². The number of piperidine rings is 1. The van der Waals surface area contributed by atoms with Crippen LogP contribution < -0.4 is 0 Å². The molecule has 13 atom stereocenters. The van der Waals surface area contributed by atoms with Gasteiger partial charge in [-0.3, -0.25) is 9.59 Å². The zero-order valence-corrected chi connectivity index (χ0v) is 23.0. The predicted octanol–water partition coefficient (Wildman–Crippen LogP) is 4.53. The van der Waals surface area contributed by atoms with Gasteiger partial charge in [0.25, 0.3) is 0 Å². The van der Waals surface area contributed by atoms with E-state index in [4.69, 9.17) is 9.47 Å². The number of fused-ring (bicyclic) bond motifs is 5. The molecule has 3 aliphatic carbocycles. The van der Waals surface area contributed by atoms with Crippen LogP contribution in [0.3, 0.4) is 0 Å². The van der Waals surface area contributed by atoms with Crippen molar-refractivity contribution in [3.8, 4) is 0 Å². The molecule has 7 fully saturated rings. The molecule has 0 aromatic heterocycles. The van der Waals surface area contributed by atoms with E-state index >= 15 is 0 Å². The minimum atomic E-state index is -0.746. The van der Waals surface area contributed by atoms with Crippen molar-refractivity contribution in [2.75, 3.05) is 6.54 Å². The minimum Gasteiger partial charge on any atom is -0.443 e. The van der Waals surface area contributed by atoms with Crippen molar-refractivity contribution in [3.63, 3.8) is 0 Å². The van der Waals surface area contributed by atoms with Crippen molar-refractivity contribution < 1.29 is 24.2 Å². The Labute approximate surface area is 215 Å². The first-order valence-corrected chi connectivity index (χ1v) is 14.7. The molecule has 7 aliphatic rings. The molecule has 7 rings (SSSR count). The van der Waals surface area contributed by atoms with E-state index in [1.807, 2.05) is 0 Å². The van der Waals surface area contributed by atoms with Gasteiger partial charge in [0.2, 0.25) is 0 Å². The van der Waals surface area contributed by atoms with E-state index < -0.39 is 11.1 Å². The molecule has 0 aromatic rings. The Morgan fingerprint density at radius 2 is 1.78 bits per heavy atom. The van der Waals surface area contributed by atoms with Crippen molar-refractivity contribution >= 4 is 11.8 Å². The molecule has 1 spiro atoms. The molecule has 1 N–H and O–H groups in total. The summed E-state index contributed by atoms with van der Waals surface area (Å²) in [5.41, 5.74) is -2.15. The van der Waals surface area contributed by atoms with Crippen molar-refractivity contribution in [3.05, 3.63) is 0 Å². The second-order valence-electron chi connectivity index (χ2n) is 15.1. The lowest BCUT2D eigenvalue weighted by molar-refractivity contribution is -0.381. The van der Waals surface area contributed by atoms with E-state index in [-0.39, 0.29) is 58.4 Å². The molecule has 6 heteroatoms. The largest absolute Gasteiger partial charge is 0.443 e. The smallest absolute Gasteiger partial charge is 0.308 e. The number of hydrogen-bond acceptors (Lipinski definition) is 6. The lowest BCUT2D eigenvalue weighted by Gasteiger charge is -2.77. The number of nitrogens with zero attached hydrogens (tertiary/aromatic N) is 1. The number of rotatable bonds is 0. The summed E-state index contributed by atoms with van der Waals surface area (Å²) in [5.74, 6) is 1.30. The summed E-state index contributed by atoms with van der Waals surface area (Å²) in [5, 5.41) is 10.8. The fourth-order valence-electron chi connectivity index (χ4n) is 11.7. The first-order valence-electron chi connectivity index (χ1n) is 14.7. The third kappa shape index (κ3) is 2.52. The molecule has 0 amide bonds. The molecule has 36 heavy (non-hydrogen) atoms. The van der Waals surface area contributed by atoms with Crippen LogP contribution in [0.2, 0.25) is 0 Å². The van der Waals surface area contributed by atoms with Crippen LogP contribution >= 0.6 is 0 Å². The highest BCUT2D eigenvalue weighted by molar-refractivity contribution is 5.88. The van der Waals surface area contributed by atoms with Gasteiger partial charge in [-0.2, -0.15) is 0 Å². The van der Waals surface area contributed by atoms with Crippen LogP contribution in [-0.4, -0.2) is 52.0 Å². The van der Waals surface area contributed by atoms with Crippen molar-refractivity contribution in [1.29, 1.82) is 0 Å². The predicted molar refractivity (Wildman–Crippen MR) is 133 cm³/mol. The molecule has 6 nitrogen and oxygen atoms in total. The molecule has 200 valence electrons. The van der Waals surface area contributed by atoms with Crippen LogP contribution in [0.15, 0.2) is 0 Å². The molecule has 0 radical (unpaired) electrons. The second kappa shape index (κ2) is 6.96. The fraction of sp³-hybridized carbons (Fsp3) is 0.933. The van der Waals surface area contributed by atoms with Gasteiger partial charge in [0.1, 0.15) is 11.5 Å². The quantitative estimate of drug-likeness (QED) is 0.494. The number of hydrogen-bond donors (Lipinski definition) is 1. The van der Waals surface area contributed by atoms with Crippen LogP contribution in [0.5, 0.6) is 0 Å². The van der Waals surface area contributed by atoms with E-state index in [1.54, 1.807) is 0 Å². The number of aliphatic hydroxyl groups excluding tert-OH is 1. The second-order valence-corrected chi connectivity index (χ2v) is 15.1.